The molecule has 23 heavy (non-hydrogen) atoms. The lowest BCUT2D eigenvalue weighted by atomic mass is 9.87. The van der Waals surface area contributed by atoms with Crippen LogP contribution in [-0.4, -0.2) is 30.9 Å². The number of amides is 2. The Morgan fingerprint density at radius 3 is 2.70 bits per heavy atom. The van der Waals surface area contributed by atoms with Gasteiger partial charge in [-0.05, 0) is 56.2 Å². The van der Waals surface area contributed by atoms with Crippen LogP contribution in [0.5, 0.6) is 5.75 Å². The molecule has 1 fully saturated rings. The normalized spacial score (nSPS) is 22.3. The van der Waals surface area contributed by atoms with Crippen LogP contribution >= 0.6 is 0 Å². The fraction of sp³-hybridized carbons (Fsp3) is 0.588. The van der Waals surface area contributed by atoms with Gasteiger partial charge in [0.25, 0.3) is 0 Å². The summed E-state index contributed by atoms with van der Waals surface area (Å²) in [5.41, 5.74) is 0.780. The Kier molecular flexibility index (Phi) is 6.21. The molecule has 6 heteroatoms. The molecule has 0 saturated heterocycles. The third-order valence-corrected chi connectivity index (χ3v) is 4.46. The highest BCUT2D eigenvalue weighted by Crippen LogP contribution is 2.24. The van der Waals surface area contributed by atoms with Gasteiger partial charge in [-0.15, -0.1) is 0 Å². The molecule has 2 amide bonds. The molecule has 1 aromatic rings. The summed E-state index contributed by atoms with van der Waals surface area (Å²) in [4.78, 5) is 12.1. The van der Waals surface area contributed by atoms with E-state index in [1.807, 2.05) is 6.92 Å². The van der Waals surface area contributed by atoms with Crippen molar-refractivity contribution in [3.05, 3.63) is 29.6 Å². The fourth-order valence-corrected chi connectivity index (χ4v) is 2.94. The molecule has 0 radical (unpaired) electrons. The van der Waals surface area contributed by atoms with E-state index < -0.39 is 5.82 Å². The van der Waals surface area contributed by atoms with Crippen molar-refractivity contribution in [2.45, 2.75) is 44.7 Å². The highest BCUT2D eigenvalue weighted by molar-refractivity contribution is 5.74. The highest BCUT2D eigenvalue weighted by Gasteiger charge is 2.22. The second-order valence-corrected chi connectivity index (χ2v) is 6.13. The van der Waals surface area contributed by atoms with Gasteiger partial charge in [0, 0.05) is 12.6 Å². The number of rotatable bonds is 5. The molecule has 1 aliphatic rings. The quantitative estimate of drug-likeness (QED) is 0.780. The van der Waals surface area contributed by atoms with Gasteiger partial charge in [-0.1, -0.05) is 6.07 Å². The van der Waals surface area contributed by atoms with Gasteiger partial charge in [0.15, 0.2) is 11.6 Å². The lowest BCUT2D eigenvalue weighted by Crippen LogP contribution is -2.44. The number of urea groups is 1. The number of ether oxygens (including phenoxy) is 1. The predicted octanol–water partition coefficient (Wildman–Crippen LogP) is 2.75. The molecule has 0 aliphatic heterocycles. The average Bonchev–Trinajstić information content (AvgIpc) is 2.55. The zero-order valence-corrected chi connectivity index (χ0v) is 13.6. The van der Waals surface area contributed by atoms with Crippen molar-refractivity contribution in [2.75, 3.05) is 13.7 Å². The van der Waals surface area contributed by atoms with Crippen LogP contribution in [0.4, 0.5) is 9.18 Å². The molecule has 0 aromatic heterocycles. The molecule has 1 aromatic carbocycles. The van der Waals surface area contributed by atoms with Gasteiger partial charge < -0.3 is 20.5 Å². The fourth-order valence-electron chi connectivity index (χ4n) is 2.94. The van der Waals surface area contributed by atoms with E-state index in [9.17, 15) is 9.18 Å². The SMILES string of the molecule is COc1cc(C(C)NC(=O)NC2CCC(CO)CC2)ccc1F. The number of carbonyl (C=O) groups is 1. The Bertz CT molecular complexity index is 531. The van der Waals surface area contributed by atoms with Crippen molar-refractivity contribution in [1.82, 2.24) is 10.6 Å². The number of hydrogen-bond donors (Lipinski definition) is 3. The van der Waals surface area contributed by atoms with Crippen molar-refractivity contribution >= 4 is 6.03 Å². The first kappa shape index (κ1) is 17.5. The van der Waals surface area contributed by atoms with E-state index in [0.717, 1.165) is 31.2 Å². The van der Waals surface area contributed by atoms with Crippen molar-refractivity contribution in [2.24, 2.45) is 5.92 Å². The molecule has 0 spiro atoms. The number of methoxy groups -OCH3 is 1. The summed E-state index contributed by atoms with van der Waals surface area (Å²) >= 11 is 0. The molecular formula is C17H25FN2O3. The summed E-state index contributed by atoms with van der Waals surface area (Å²) in [6, 6.07) is 4.22. The summed E-state index contributed by atoms with van der Waals surface area (Å²) in [6.45, 7) is 2.07. The lowest BCUT2D eigenvalue weighted by Gasteiger charge is -2.28. The standard InChI is InChI=1S/C17H25FN2O3/c1-11(13-5-8-15(18)16(9-13)23-2)19-17(22)20-14-6-3-12(10-21)4-7-14/h5,8-9,11-12,14,21H,3-4,6-7,10H2,1-2H3,(H2,19,20,22). The van der Waals surface area contributed by atoms with Crippen LogP contribution in [-0.2, 0) is 0 Å². The number of halogens is 1. The monoisotopic (exact) mass is 324 g/mol. The van der Waals surface area contributed by atoms with Crippen LogP contribution in [0.3, 0.4) is 0 Å². The van der Waals surface area contributed by atoms with Gasteiger partial charge in [0.2, 0.25) is 0 Å². The van der Waals surface area contributed by atoms with Gasteiger partial charge >= 0.3 is 6.03 Å². The van der Waals surface area contributed by atoms with Crippen molar-refractivity contribution in [3.8, 4) is 5.75 Å². The Morgan fingerprint density at radius 2 is 2.09 bits per heavy atom. The molecule has 1 saturated carbocycles. The van der Waals surface area contributed by atoms with Crippen LogP contribution in [0.2, 0.25) is 0 Å². The molecular weight excluding hydrogens is 299 g/mol. The number of nitrogens with one attached hydrogen (secondary N) is 2. The van der Waals surface area contributed by atoms with E-state index in [1.54, 1.807) is 12.1 Å². The van der Waals surface area contributed by atoms with Crippen LogP contribution in [0.25, 0.3) is 0 Å². The maximum Gasteiger partial charge on any atom is 0.315 e. The molecule has 2 rings (SSSR count). The highest BCUT2D eigenvalue weighted by atomic mass is 19.1. The summed E-state index contributed by atoms with van der Waals surface area (Å²) < 4.78 is 18.4. The first-order valence-corrected chi connectivity index (χ1v) is 8.04. The number of aliphatic hydroxyl groups excluding tert-OH is 1. The molecule has 1 aliphatic carbocycles. The first-order chi connectivity index (χ1) is 11.0. The van der Waals surface area contributed by atoms with E-state index in [0.29, 0.717) is 5.92 Å². The Morgan fingerprint density at radius 1 is 1.39 bits per heavy atom. The maximum absolute atomic E-state index is 13.4. The van der Waals surface area contributed by atoms with E-state index in [4.69, 9.17) is 9.84 Å². The van der Waals surface area contributed by atoms with Crippen molar-refractivity contribution in [1.29, 1.82) is 0 Å². The minimum atomic E-state index is -0.423. The van der Waals surface area contributed by atoms with E-state index >= 15 is 0 Å². The lowest BCUT2D eigenvalue weighted by molar-refractivity contribution is 0.174. The van der Waals surface area contributed by atoms with Gasteiger partial charge in [0.1, 0.15) is 0 Å². The minimum Gasteiger partial charge on any atom is -0.494 e. The maximum atomic E-state index is 13.4. The summed E-state index contributed by atoms with van der Waals surface area (Å²) in [5, 5.41) is 15.0. The molecule has 5 nitrogen and oxygen atoms in total. The number of hydrogen-bond acceptors (Lipinski definition) is 3. The van der Waals surface area contributed by atoms with Gasteiger partial charge in [-0.3, -0.25) is 0 Å². The number of carbonyl (C=O) groups excluding carboxylic acids is 1. The number of aliphatic hydroxyl groups is 1. The van der Waals surface area contributed by atoms with Crippen LogP contribution in [0.1, 0.15) is 44.2 Å². The second kappa shape index (κ2) is 8.15. The third-order valence-electron chi connectivity index (χ3n) is 4.46. The second-order valence-electron chi connectivity index (χ2n) is 6.13. The largest absolute Gasteiger partial charge is 0.494 e. The molecule has 0 heterocycles. The van der Waals surface area contributed by atoms with Gasteiger partial charge in [0.05, 0.1) is 13.2 Å². The van der Waals surface area contributed by atoms with Crippen LogP contribution in [0, 0.1) is 11.7 Å². The Labute approximate surface area is 136 Å². The summed E-state index contributed by atoms with van der Waals surface area (Å²) in [7, 11) is 1.41. The van der Waals surface area contributed by atoms with Gasteiger partial charge in [-0.25, -0.2) is 9.18 Å². The molecule has 3 N–H and O–H groups in total. The third kappa shape index (κ3) is 4.82. The van der Waals surface area contributed by atoms with Crippen molar-refractivity contribution in [3.63, 3.8) is 0 Å². The zero-order chi connectivity index (χ0) is 16.8. The molecule has 1 atom stereocenters. The Hall–Kier alpha value is -1.82. The molecule has 128 valence electrons. The molecule has 0 bridgehead atoms. The first-order valence-electron chi connectivity index (χ1n) is 8.04. The van der Waals surface area contributed by atoms with E-state index in [1.165, 1.54) is 13.2 Å². The van der Waals surface area contributed by atoms with E-state index in [-0.39, 0.29) is 30.5 Å². The zero-order valence-electron chi connectivity index (χ0n) is 13.6. The van der Waals surface area contributed by atoms with Gasteiger partial charge in [-0.2, -0.15) is 0 Å². The average molecular weight is 324 g/mol. The van der Waals surface area contributed by atoms with Crippen molar-refractivity contribution < 1.29 is 19.0 Å². The Balaban J connectivity index is 1.85. The summed E-state index contributed by atoms with van der Waals surface area (Å²) in [5.74, 6) is 0.106. The smallest absolute Gasteiger partial charge is 0.315 e. The number of benzene rings is 1. The topological polar surface area (TPSA) is 70.6 Å². The van der Waals surface area contributed by atoms with E-state index in [2.05, 4.69) is 10.6 Å². The summed E-state index contributed by atoms with van der Waals surface area (Å²) in [6.07, 6.45) is 3.65. The van der Waals surface area contributed by atoms with Crippen LogP contribution < -0.4 is 15.4 Å². The molecule has 1 unspecified atom stereocenters. The predicted molar refractivity (Wildman–Crippen MR) is 85.9 cm³/mol. The van der Waals surface area contributed by atoms with Crippen LogP contribution in [0.15, 0.2) is 18.2 Å². The minimum absolute atomic E-state index is 0.146.